The standard InChI is InChI=1S/C61H116O6/c1-4-7-10-13-16-19-22-24-26-27-28-29-30-31-32-33-34-36-37-39-42-45-48-51-54-60(63)66-57-58(56-65-59(62)53-50-47-44-41-21-18-15-12-9-6-3)67-61(64)55-52-49-46-43-40-38-35-25-23-20-17-14-11-8-5-2/h12,15,58H,4-11,13-14,16-57H2,1-3H3/b15-12-. The Morgan fingerprint density at radius 2 is 0.522 bits per heavy atom. The molecule has 0 fully saturated rings. The number of hydrogen-bond donors (Lipinski definition) is 0. The molecule has 6 nitrogen and oxygen atoms in total. The van der Waals surface area contributed by atoms with E-state index < -0.39 is 6.10 Å². The first-order chi connectivity index (χ1) is 33.0. The minimum atomic E-state index is -0.767. The van der Waals surface area contributed by atoms with Crippen molar-refractivity contribution in [3.05, 3.63) is 12.2 Å². The number of unbranched alkanes of at least 4 members (excludes halogenated alkanes) is 43. The molecule has 0 heterocycles. The van der Waals surface area contributed by atoms with Gasteiger partial charge in [-0.05, 0) is 38.5 Å². The van der Waals surface area contributed by atoms with Crippen molar-refractivity contribution in [3.8, 4) is 0 Å². The van der Waals surface area contributed by atoms with Crippen LogP contribution in [0.4, 0.5) is 0 Å². The number of allylic oxidation sites excluding steroid dienone is 2. The van der Waals surface area contributed by atoms with Gasteiger partial charge in [0.1, 0.15) is 13.2 Å². The molecule has 0 saturated heterocycles. The topological polar surface area (TPSA) is 78.9 Å². The average molecular weight is 946 g/mol. The average Bonchev–Trinajstić information content (AvgIpc) is 3.33. The third-order valence-corrected chi connectivity index (χ3v) is 13.8. The molecule has 0 aromatic carbocycles. The van der Waals surface area contributed by atoms with Crippen molar-refractivity contribution in [1.82, 2.24) is 0 Å². The van der Waals surface area contributed by atoms with Gasteiger partial charge in [0.15, 0.2) is 6.10 Å². The van der Waals surface area contributed by atoms with Crippen molar-refractivity contribution in [1.29, 1.82) is 0 Å². The van der Waals surface area contributed by atoms with E-state index in [0.29, 0.717) is 19.3 Å². The van der Waals surface area contributed by atoms with Crippen LogP contribution in [0, 0.1) is 0 Å². The van der Waals surface area contributed by atoms with E-state index in [-0.39, 0.29) is 31.1 Å². The van der Waals surface area contributed by atoms with Crippen molar-refractivity contribution in [2.75, 3.05) is 13.2 Å². The highest BCUT2D eigenvalue weighted by Gasteiger charge is 2.19. The summed E-state index contributed by atoms with van der Waals surface area (Å²) in [5.41, 5.74) is 0. The summed E-state index contributed by atoms with van der Waals surface area (Å²) in [5, 5.41) is 0. The molecule has 396 valence electrons. The molecule has 0 aromatic heterocycles. The van der Waals surface area contributed by atoms with E-state index in [0.717, 1.165) is 70.6 Å². The van der Waals surface area contributed by atoms with Crippen LogP contribution in [-0.4, -0.2) is 37.2 Å². The number of carbonyl (C=O) groups excluding carboxylic acids is 3. The fraction of sp³-hybridized carbons (Fsp3) is 0.918. The fourth-order valence-corrected chi connectivity index (χ4v) is 9.21. The van der Waals surface area contributed by atoms with E-state index in [1.807, 2.05) is 0 Å². The molecule has 0 rings (SSSR count). The van der Waals surface area contributed by atoms with Crippen LogP contribution in [-0.2, 0) is 28.6 Å². The van der Waals surface area contributed by atoms with Crippen molar-refractivity contribution >= 4 is 17.9 Å². The molecule has 1 atom stereocenters. The molecule has 0 N–H and O–H groups in total. The summed E-state index contributed by atoms with van der Waals surface area (Å²) in [6.45, 7) is 6.63. The van der Waals surface area contributed by atoms with Gasteiger partial charge in [0.2, 0.25) is 0 Å². The van der Waals surface area contributed by atoms with Crippen LogP contribution >= 0.6 is 0 Å². The normalized spacial score (nSPS) is 12.0. The Balaban J connectivity index is 4.15. The number of hydrogen-bond acceptors (Lipinski definition) is 6. The number of esters is 3. The first kappa shape index (κ1) is 65.1. The molecule has 0 aliphatic heterocycles. The maximum atomic E-state index is 12.8. The molecular weight excluding hydrogens is 829 g/mol. The summed E-state index contributed by atoms with van der Waals surface area (Å²) in [6, 6.07) is 0. The Kier molecular flexibility index (Phi) is 55.2. The zero-order valence-corrected chi connectivity index (χ0v) is 45.5. The Morgan fingerprint density at radius 3 is 0.806 bits per heavy atom. The molecule has 6 heteroatoms. The van der Waals surface area contributed by atoms with Gasteiger partial charge in [-0.3, -0.25) is 14.4 Å². The van der Waals surface area contributed by atoms with Gasteiger partial charge < -0.3 is 14.2 Å². The molecule has 0 spiro atoms. The van der Waals surface area contributed by atoms with Crippen LogP contribution in [0.25, 0.3) is 0 Å². The molecule has 0 aromatic rings. The van der Waals surface area contributed by atoms with Gasteiger partial charge in [-0.1, -0.05) is 296 Å². The van der Waals surface area contributed by atoms with Gasteiger partial charge in [-0.25, -0.2) is 0 Å². The zero-order valence-electron chi connectivity index (χ0n) is 45.5. The Bertz CT molecular complexity index is 1040. The van der Waals surface area contributed by atoms with Gasteiger partial charge in [-0.15, -0.1) is 0 Å². The van der Waals surface area contributed by atoms with E-state index in [1.165, 1.54) is 231 Å². The number of rotatable bonds is 56. The van der Waals surface area contributed by atoms with Gasteiger partial charge in [0.25, 0.3) is 0 Å². The van der Waals surface area contributed by atoms with Crippen LogP contribution in [0.2, 0.25) is 0 Å². The lowest BCUT2D eigenvalue weighted by atomic mass is 10.0. The maximum Gasteiger partial charge on any atom is 0.306 e. The lowest BCUT2D eigenvalue weighted by Gasteiger charge is -2.18. The largest absolute Gasteiger partial charge is 0.462 e. The van der Waals surface area contributed by atoms with Crippen molar-refractivity contribution in [2.24, 2.45) is 0 Å². The van der Waals surface area contributed by atoms with Crippen molar-refractivity contribution < 1.29 is 28.6 Å². The molecule has 0 radical (unpaired) electrons. The van der Waals surface area contributed by atoms with Gasteiger partial charge in [0, 0.05) is 19.3 Å². The first-order valence-corrected chi connectivity index (χ1v) is 30.2. The highest BCUT2D eigenvalue weighted by Crippen LogP contribution is 2.18. The monoisotopic (exact) mass is 945 g/mol. The van der Waals surface area contributed by atoms with E-state index in [4.69, 9.17) is 14.2 Å². The molecule has 0 bridgehead atoms. The van der Waals surface area contributed by atoms with E-state index in [9.17, 15) is 14.4 Å². The summed E-state index contributed by atoms with van der Waals surface area (Å²) in [7, 11) is 0. The van der Waals surface area contributed by atoms with Crippen LogP contribution < -0.4 is 0 Å². The highest BCUT2D eigenvalue weighted by atomic mass is 16.6. The number of carbonyl (C=O) groups is 3. The van der Waals surface area contributed by atoms with Gasteiger partial charge in [0.05, 0.1) is 0 Å². The third kappa shape index (κ3) is 55.0. The van der Waals surface area contributed by atoms with E-state index in [1.54, 1.807) is 0 Å². The molecule has 67 heavy (non-hydrogen) atoms. The summed E-state index contributed by atoms with van der Waals surface area (Å²) in [6.07, 6.45) is 65.1. The van der Waals surface area contributed by atoms with Gasteiger partial charge in [-0.2, -0.15) is 0 Å². The van der Waals surface area contributed by atoms with Crippen molar-refractivity contribution in [2.45, 2.75) is 348 Å². The lowest BCUT2D eigenvalue weighted by Crippen LogP contribution is -2.30. The highest BCUT2D eigenvalue weighted by molar-refractivity contribution is 5.71. The minimum absolute atomic E-state index is 0.0667. The zero-order chi connectivity index (χ0) is 48.6. The second-order valence-electron chi connectivity index (χ2n) is 20.6. The fourth-order valence-electron chi connectivity index (χ4n) is 9.21. The first-order valence-electron chi connectivity index (χ1n) is 30.2. The molecule has 0 amide bonds. The van der Waals surface area contributed by atoms with Crippen LogP contribution in [0.3, 0.4) is 0 Å². The quantitative estimate of drug-likeness (QED) is 0.0262. The molecule has 0 aliphatic carbocycles. The molecule has 1 unspecified atom stereocenters. The van der Waals surface area contributed by atoms with E-state index >= 15 is 0 Å². The van der Waals surface area contributed by atoms with Gasteiger partial charge >= 0.3 is 17.9 Å². The third-order valence-electron chi connectivity index (χ3n) is 13.8. The summed E-state index contributed by atoms with van der Waals surface area (Å²) >= 11 is 0. The lowest BCUT2D eigenvalue weighted by molar-refractivity contribution is -0.167. The Labute approximate surface area is 418 Å². The molecule has 0 aliphatic rings. The van der Waals surface area contributed by atoms with Crippen molar-refractivity contribution in [3.63, 3.8) is 0 Å². The predicted octanol–water partition coefficient (Wildman–Crippen LogP) is 20.1. The maximum absolute atomic E-state index is 12.8. The summed E-state index contributed by atoms with van der Waals surface area (Å²) < 4.78 is 16.9. The Morgan fingerprint density at radius 1 is 0.284 bits per heavy atom. The summed E-state index contributed by atoms with van der Waals surface area (Å²) in [4.78, 5) is 38.1. The number of ether oxygens (including phenoxy) is 3. The minimum Gasteiger partial charge on any atom is -0.462 e. The SMILES string of the molecule is CCC/C=C\CCCCCCCC(=O)OCC(COC(=O)CCCCCCCCCCCCCCCCCCCCCCCCCC)OC(=O)CCCCCCCCCCCCCCCCC. The molecular formula is C61H116O6. The van der Waals surface area contributed by atoms with Crippen LogP contribution in [0.15, 0.2) is 12.2 Å². The van der Waals surface area contributed by atoms with Crippen LogP contribution in [0.1, 0.15) is 342 Å². The summed E-state index contributed by atoms with van der Waals surface area (Å²) in [5.74, 6) is -0.853. The predicted molar refractivity (Wildman–Crippen MR) is 289 cm³/mol. The van der Waals surface area contributed by atoms with E-state index in [2.05, 4.69) is 32.9 Å². The Hall–Kier alpha value is -1.85. The molecule has 0 saturated carbocycles. The second-order valence-corrected chi connectivity index (χ2v) is 20.6. The second kappa shape index (κ2) is 56.7. The smallest absolute Gasteiger partial charge is 0.306 e. The van der Waals surface area contributed by atoms with Crippen LogP contribution in [0.5, 0.6) is 0 Å².